The number of rotatable bonds is 5. The van der Waals surface area contributed by atoms with E-state index in [9.17, 15) is 4.79 Å². The molecule has 7 nitrogen and oxygen atoms in total. The van der Waals surface area contributed by atoms with Gasteiger partial charge in [0.2, 0.25) is 0 Å². The summed E-state index contributed by atoms with van der Waals surface area (Å²) in [5.41, 5.74) is 0.645. The monoisotopic (exact) mass is 537 g/mol. The number of nitrogens with zero attached hydrogens (tertiary/aromatic N) is 3. The van der Waals surface area contributed by atoms with Crippen LogP contribution in [0.5, 0.6) is 0 Å². The number of likely N-dealkylation sites (tertiary alicyclic amines) is 1. The first-order valence-electron chi connectivity index (χ1n) is 10.1. The van der Waals surface area contributed by atoms with Crippen molar-refractivity contribution in [1.82, 2.24) is 20.5 Å². The van der Waals surface area contributed by atoms with Gasteiger partial charge in [-0.05, 0) is 46.0 Å². The minimum atomic E-state index is -0.480. The maximum absolute atomic E-state index is 12.5. The van der Waals surface area contributed by atoms with Gasteiger partial charge in [-0.25, -0.2) is 9.78 Å². The van der Waals surface area contributed by atoms with Gasteiger partial charge in [-0.15, -0.1) is 35.3 Å². The van der Waals surface area contributed by atoms with Gasteiger partial charge in [0.1, 0.15) is 10.6 Å². The first-order valence-corrected chi connectivity index (χ1v) is 11.0. The van der Waals surface area contributed by atoms with Gasteiger partial charge in [0.25, 0.3) is 0 Å². The van der Waals surface area contributed by atoms with Gasteiger partial charge in [-0.1, -0.05) is 13.8 Å². The molecule has 2 heterocycles. The molecule has 2 rings (SSSR count). The third-order valence-electron chi connectivity index (χ3n) is 4.55. The molecule has 29 heavy (non-hydrogen) atoms. The third kappa shape index (κ3) is 8.65. The van der Waals surface area contributed by atoms with E-state index in [1.807, 2.05) is 25.7 Å². The Labute approximate surface area is 196 Å². The maximum atomic E-state index is 12.5. The van der Waals surface area contributed by atoms with Crippen molar-refractivity contribution in [2.24, 2.45) is 4.99 Å². The van der Waals surface area contributed by atoms with Crippen LogP contribution in [0.4, 0.5) is 4.79 Å². The molecule has 166 valence electrons. The van der Waals surface area contributed by atoms with Crippen LogP contribution in [0.1, 0.15) is 70.5 Å². The molecular weight excluding hydrogens is 501 g/mol. The van der Waals surface area contributed by atoms with Crippen molar-refractivity contribution in [2.45, 2.75) is 78.0 Å². The molecule has 0 spiro atoms. The van der Waals surface area contributed by atoms with E-state index < -0.39 is 5.60 Å². The second-order valence-corrected chi connectivity index (χ2v) is 9.39. The number of ether oxygens (including phenoxy) is 1. The van der Waals surface area contributed by atoms with Gasteiger partial charge in [0, 0.05) is 25.5 Å². The number of thiazole rings is 1. The minimum Gasteiger partial charge on any atom is -0.444 e. The molecule has 9 heteroatoms. The summed E-state index contributed by atoms with van der Waals surface area (Å²) >= 11 is 1.66. The lowest BCUT2D eigenvalue weighted by Crippen LogP contribution is -2.52. The average molecular weight is 538 g/mol. The number of hydrogen-bond donors (Lipinski definition) is 2. The van der Waals surface area contributed by atoms with Crippen molar-refractivity contribution < 1.29 is 9.53 Å². The van der Waals surface area contributed by atoms with Crippen LogP contribution < -0.4 is 10.6 Å². The zero-order valence-corrected chi connectivity index (χ0v) is 21.6. The quantitative estimate of drug-likeness (QED) is 0.332. The van der Waals surface area contributed by atoms with Crippen LogP contribution in [0.2, 0.25) is 0 Å². The van der Waals surface area contributed by atoms with Crippen LogP contribution in [0, 0.1) is 0 Å². The van der Waals surface area contributed by atoms with E-state index in [1.54, 1.807) is 18.4 Å². The molecular formula is C20H36IN5O2S. The van der Waals surface area contributed by atoms with E-state index >= 15 is 0 Å². The van der Waals surface area contributed by atoms with Crippen LogP contribution in [0.25, 0.3) is 0 Å². The molecule has 1 unspecified atom stereocenters. The molecule has 2 N–H and O–H groups in total. The molecule has 0 aliphatic carbocycles. The van der Waals surface area contributed by atoms with E-state index in [1.165, 1.54) is 0 Å². The van der Waals surface area contributed by atoms with Gasteiger partial charge in [-0.2, -0.15) is 0 Å². The highest BCUT2D eigenvalue weighted by Crippen LogP contribution is 2.20. The highest BCUT2D eigenvalue weighted by Gasteiger charge is 2.30. The fourth-order valence-corrected chi connectivity index (χ4v) is 3.93. The molecule has 1 fully saturated rings. The van der Waals surface area contributed by atoms with Crippen LogP contribution in [0.15, 0.2) is 10.4 Å². The number of guanidine groups is 1. The Morgan fingerprint density at radius 3 is 2.69 bits per heavy atom. The van der Waals surface area contributed by atoms with E-state index in [0.717, 1.165) is 42.5 Å². The molecule has 0 radical (unpaired) electrons. The highest BCUT2D eigenvalue weighted by molar-refractivity contribution is 14.0. The Balaban J connectivity index is 0.00000420. The summed E-state index contributed by atoms with van der Waals surface area (Å²) in [4.78, 5) is 23.3. The smallest absolute Gasteiger partial charge is 0.410 e. The molecule has 1 aliphatic heterocycles. The summed E-state index contributed by atoms with van der Waals surface area (Å²) in [5.74, 6) is 1.16. The van der Waals surface area contributed by atoms with Crippen molar-refractivity contribution in [3.63, 3.8) is 0 Å². The number of hydrogen-bond acceptors (Lipinski definition) is 5. The summed E-state index contributed by atoms with van der Waals surface area (Å²) in [6.07, 6.45) is 2.87. The number of carbonyl (C=O) groups is 1. The Hall–Kier alpha value is -1.10. The molecule has 1 aromatic heterocycles. The minimum absolute atomic E-state index is 0. The van der Waals surface area contributed by atoms with E-state index in [4.69, 9.17) is 4.74 Å². The van der Waals surface area contributed by atoms with Gasteiger partial charge in [0.15, 0.2) is 5.96 Å². The molecule has 0 saturated carbocycles. The number of aliphatic imine (C=N–C) groups is 1. The Morgan fingerprint density at radius 2 is 2.10 bits per heavy atom. The van der Waals surface area contributed by atoms with Crippen LogP contribution in [-0.4, -0.2) is 53.7 Å². The van der Waals surface area contributed by atoms with E-state index in [2.05, 4.69) is 39.8 Å². The highest BCUT2D eigenvalue weighted by atomic mass is 127. The molecule has 0 bridgehead atoms. The number of aromatic nitrogens is 1. The van der Waals surface area contributed by atoms with Crippen molar-refractivity contribution >= 4 is 47.4 Å². The number of amides is 1. The van der Waals surface area contributed by atoms with Gasteiger partial charge in [0.05, 0.1) is 18.3 Å². The molecule has 1 amide bonds. The predicted octanol–water partition coefficient (Wildman–Crippen LogP) is 4.34. The molecule has 1 saturated heterocycles. The van der Waals surface area contributed by atoms with Gasteiger partial charge in [-0.3, -0.25) is 4.99 Å². The molecule has 1 aromatic rings. The van der Waals surface area contributed by atoms with Crippen LogP contribution in [-0.2, 0) is 11.3 Å². The fourth-order valence-electron chi connectivity index (χ4n) is 3.04. The maximum Gasteiger partial charge on any atom is 0.410 e. The van der Waals surface area contributed by atoms with Crippen molar-refractivity contribution in [3.8, 4) is 0 Å². The predicted molar refractivity (Wildman–Crippen MR) is 130 cm³/mol. The van der Waals surface area contributed by atoms with Gasteiger partial charge >= 0.3 is 6.09 Å². The summed E-state index contributed by atoms with van der Waals surface area (Å²) in [6.45, 7) is 12.0. The Bertz CT molecular complexity index is 672. The standard InChI is InChI=1S/C20H35N5O2S.HI/c1-14(2)16-13-28-17(24-16)12-23-18(21-6)22-11-15-9-7-8-10-25(15)19(26)27-20(3,4)5;/h13-15H,7-12H2,1-6H3,(H2,21,22,23);1H. The lowest BCUT2D eigenvalue weighted by Gasteiger charge is -2.37. The SMILES string of the molecule is CN=C(NCc1nc(C(C)C)cs1)NCC1CCCCN1C(=O)OC(C)(C)C.I. The number of carbonyl (C=O) groups excluding carboxylic acids is 1. The number of piperidine rings is 1. The largest absolute Gasteiger partial charge is 0.444 e. The topological polar surface area (TPSA) is 78.9 Å². The summed E-state index contributed by atoms with van der Waals surface area (Å²) in [6, 6.07) is 0.106. The zero-order chi connectivity index (χ0) is 20.7. The first-order chi connectivity index (χ1) is 13.2. The average Bonchev–Trinajstić information content (AvgIpc) is 3.10. The summed E-state index contributed by atoms with van der Waals surface area (Å²) < 4.78 is 5.57. The van der Waals surface area contributed by atoms with E-state index in [0.29, 0.717) is 19.0 Å². The summed E-state index contributed by atoms with van der Waals surface area (Å²) in [7, 11) is 1.75. The van der Waals surface area contributed by atoms with Gasteiger partial charge < -0.3 is 20.3 Å². The summed E-state index contributed by atoms with van der Waals surface area (Å²) in [5, 5.41) is 9.82. The lowest BCUT2D eigenvalue weighted by molar-refractivity contribution is 0.0104. The number of halogens is 1. The molecule has 1 atom stereocenters. The fraction of sp³-hybridized carbons (Fsp3) is 0.750. The normalized spacial score (nSPS) is 17.7. The lowest BCUT2D eigenvalue weighted by atomic mass is 10.0. The Morgan fingerprint density at radius 1 is 1.38 bits per heavy atom. The van der Waals surface area contributed by atoms with Crippen LogP contribution in [0.3, 0.4) is 0 Å². The van der Waals surface area contributed by atoms with Crippen molar-refractivity contribution in [1.29, 1.82) is 0 Å². The van der Waals surface area contributed by atoms with E-state index in [-0.39, 0.29) is 36.1 Å². The number of nitrogens with one attached hydrogen (secondary N) is 2. The first kappa shape index (κ1) is 25.9. The Kier molecular flexibility index (Phi) is 10.7. The van der Waals surface area contributed by atoms with Crippen LogP contribution >= 0.6 is 35.3 Å². The van der Waals surface area contributed by atoms with Crippen molar-refractivity contribution in [2.75, 3.05) is 20.1 Å². The molecule has 0 aromatic carbocycles. The second kappa shape index (κ2) is 11.9. The third-order valence-corrected chi connectivity index (χ3v) is 5.42. The second-order valence-electron chi connectivity index (χ2n) is 8.45. The zero-order valence-electron chi connectivity index (χ0n) is 18.4. The van der Waals surface area contributed by atoms with Crippen molar-refractivity contribution in [3.05, 3.63) is 16.1 Å². The molecule has 1 aliphatic rings.